The van der Waals surface area contributed by atoms with E-state index in [1.54, 1.807) is 6.07 Å². The van der Waals surface area contributed by atoms with Crippen LogP contribution in [0.1, 0.15) is 61.1 Å². The normalized spacial score (nSPS) is 20.4. The van der Waals surface area contributed by atoms with Gasteiger partial charge < -0.3 is 4.74 Å². The Morgan fingerprint density at radius 1 is 1.20 bits per heavy atom. The third kappa shape index (κ3) is 3.26. The lowest BCUT2D eigenvalue weighted by Crippen LogP contribution is -2.54. The second kappa shape index (κ2) is 7.04. The van der Waals surface area contributed by atoms with Gasteiger partial charge in [0, 0.05) is 7.79 Å². The fourth-order valence-electron chi connectivity index (χ4n) is 3.01. The summed E-state index contributed by atoms with van der Waals surface area (Å²) < 4.78 is 12.7. The minimum Gasteiger partial charge on any atom is -0.494 e. The summed E-state index contributed by atoms with van der Waals surface area (Å²) in [6, 6.07) is 3.71. The second-order valence-electron chi connectivity index (χ2n) is 6.06. The zero-order valence-electron chi connectivity index (χ0n) is 14.7. The average Bonchev–Trinajstić information content (AvgIpc) is 2.86. The van der Waals surface area contributed by atoms with Gasteiger partial charge in [-0.25, -0.2) is 0 Å². The number of rotatable bonds is 6. The molecule has 0 radical (unpaired) electrons. The first kappa shape index (κ1) is 15.8. The first-order chi connectivity index (χ1) is 12.5. The van der Waals surface area contributed by atoms with Crippen molar-refractivity contribution in [1.29, 1.82) is 0 Å². The monoisotopic (exact) mass is 346 g/mol. The van der Waals surface area contributed by atoms with Gasteiger partial charge >= 0.3 is 0 Å². The van der Waals surface area contributed by atoms with E-state index in [-0.39, 0.29) is 24.0 Å². The molecule has 1 fully saturated rings. The van der Waals surface area contributed by atoms with Crippen LogP contribution >= 0.6 is 0 Å². The van der Waals surface area contributed by atoms with Crippen LogP contribution in [0.15, 0.2) is 18.2 Å². The molecule has 2 aliphatic heterocycles. The fraction of sp³-hybridized carbons (Fsp3) is 0.444. The molecule has 1 saturated heterocycles. The molecular formula is C18H20N2O5. The van der Waals surface area contributed by atoms with Crippen LogP contribution in [-0.4, -0.2) is 41.2 Å². The lowest BCUT2D eigenvalue weighted by Gasteiger charge is -2.27. The van der Waals surface area contributed by atoms with Crippen molar-refractivity contribution in [3.05, 3.63) is 29.3 Å². The van der Waals surface area contributed by atoms with E-state index in [0.717, 1.165) is 24.2 Å². The van der Waals surface area contributed by atoms with Gasteiger partial charge in [-0.3, -0.25) is 29.4 Å². The van der Waals surface area contributed by atoms with Gasteiger partial charge in [-0.1, -0.05) is 19.7 Å². The van der Waals surface area contributed by atoms with Gasteiger partial charge in [0.25, 0.3) is 11.8 Å². The molecule has 0 bridgehead atoms. The van der Waals surface area contributed by atoms with E-state index in [1.807, 2.05) is 0 Å². The molecular weight excluding hydrogens is 324 g/mol. The average molecular weight is 346 g/mol. The number of nitrogens with one attached hydrogen (secondary N) is 1. The molecule has 7 nitrogen and oxygen atoms in total. The summed E-state index contributed by atoms with van der Waals surface area (Å²) in [5.74, 6) is -1.60. The number of fused-ring (bicyclic) bond motifs is 1. The van der Waals surface area contributed by atoms with Gasteiger partial charge in [-0.2, -0.15) is 0 Å². The Labute approximate surface area is 146 Å². The summed E-state index contributed by atoms with van der Waals surface area (Å²) in [7, 11) is 0. The van der Waals surface area contributed by atoms with Gasteiger partial charge in [0.05, 0.1) is 17.7 Å². The summed E-state index contributed by atoms with van der Waals surface area (Å²) in [6.07, 6.45) is 2.76. The summed E-state index contributed by atoms with van der Waals surface area (Å²) >= 11 is 0. The van der Waals surface area contributed by atoms with Crippen molar-refractivity contribution >= 4 is 23.6 Å². The van der Waals surface area contributed by atoms with Crippen molar-refractivity contribution in [2.75, 3.05) is 6.61 Å². The Morgan fingerprint density at radius 2 is 2.00 bits per heavy atom. The molecule has 0 aromatic heterocycles. The first-order valence-corrected chi connectivity index (χ1v) is 8.30. The van der Waals surface area contributed by atoms with Gasteiger partial charge in [-0.05, 0) is 31.0 Å². The lowest BCUT2D eigenvalue weighted by atomic mass is 10.0. The number of benzene rings is 1. The maximum atomic E-state index is 12.7. The van der Waals surface area contributed by atoms with Crippen LogP contribution in [0.25, 0.3) is 0 Å². The Hall–Kier alpha value is -2.70. The van der Waals surface area contributed by atoms with Gasteiger partial charge in [0.1, 0.15) is 11.8 Å². The van der Waals surface area contributed by atoms with Crippen LogP contribution in [-0.2, 0) is 9.59 Å². The van der Waals surface area contributed by atoms with Crippen LogP contribution < -0.4 is 10.1 Å². The predicted molar refractivity (Wildman–Crippen MR) is 88.1 cm³/mol. The lowest BCUT2D eigenvalue weighted by molar-refractivity contribution is -0.136. The summed E-state index contributed by atoms with van der Waals surface area (Å²) in [5, 5.41) is 2.17. The number of nitrogens with zero attached hydrogens (tertiary/aromatic N) is 1. The molecule has 0 spiro atoms. The zero-order chi connectivity index (χ0) is 18.7. The minimum atomic E-state index is -0.964. The molecule has 1 aromatic carbocycles. The van der Waals surface area contributed by atoms with Crippen LogP contribution in [0, 0.1) is 0 Å². The highest BCUT2D eigenvalue weighted by atomic mass is 16.5. The number of carbonyl (C=O) groups is 4. The van der Waals surface area contributed by atoms with Crippen molar-refractivity contribution < 1.29 is 25.3 Å². The molecule has 132 valence electrons. The number of carbonyl (C=O) groups excluding carboxylic acids is 4. The van der Waals surface area contributed by atoms with E-state index in [2.05, 4.69) is 5.32 Å². The highest BCUT2D eigenvalue weighted by Crippen LogP contribution is 2.30. The third-order valence-corrected chi connectivity index (χ3v) is 4.32. The van der Waals surface area contributed by atoms with Crippen molar-refractivity contribution in [3.63, 3.8) is 0 Å². The van der Waals surface area contributed by atoms with Crippen LogP contribution in [0.5, 0.6) is 5.75 Å². The van der Waals surface area contributed by atoms with Gasteiger partial charge in [-0.15, -0.1) is 0 Å². The molecule has 3 rings (SSSR count). The summed E-state index contributed by atoms with van der Waals surface area (Å²) in [5.41, 5.74) is 0.449. The number of hydrogen-bond acceptors (Lipinski definition) is 5. The summed E-state index contributed by atoms with van der Waals surface area (Å²) in [4.78, 5) is 49.4. The molecule has 0 aliphatic carbocycles. The Kier molecular flexibility index (Phi) is 4.45. The zero-order valence-corrected chi connectivity index (χ0v) is 13.7. The quantitative estimate of drug-likeness (QED) is 0.625. The van der Waals surface area contributed by atoms with Gasteiger partial charge in [0.15, 0.2) is 0 Å². The van der Waals surface area contributed by atoms with Crippen LogP contribution in [0.4, 0.5) is 0 Å². The largest absolute Gasteiger partial charge is 0.494 e. The second-order valence-corrected chi connectivity index (χ2v) is 6.06. The number of unbranched alkanes of at least 4 members (excludes halogenated alkanes) is 2. The van der Waals surface area contributed by atoms with Crippen molar-refractivity contribution in [3.8, 4) is 5.75 Å². The SMILES string of the molecule is [3H]CCCCCOc1ccc2c(c1)C(=O)N(C1CCC(=O)NC1=O)C2=O. The standard InChI is InChI=1S/C18H20N2O5/c1-2-3-4-9-25-11-5-6-12-13(10-11)18(24)20(17(12)23)14-7-8-15(21)19-16(14)22/h5-6,10,14H,2-4,7-9H2,1H3,(H,19,21,22)/i1T. The number of piperidine rings is 1. The first-order valence-electron chi connectivity index (χ1n) is 9.01. The van der Waals surface area contributed by atoms with Crippen molar-refractivity contribution in [2.24, 2.45) is 0 Å². The molecule has 4 amide bonds. The van der Waals surface area contributed by atoms with E-state index in [0.29, 0.717) is 19.3 Å². The Morgan fingerprint density at radius 3 is 2.76 bits per heavy atom. The van der Waals surface area contributed by atoms with E-state index >= 15 is 0 Å². The highest BCUT2D eigenvalue weighted by molar-refractivity contribution is 6.23. The molecule has 2 heterocycles. The summed E-state index contributed by atoms with van der Waals surface area (Å²) in [6.45, 7) is 0.864. The third-order valence-electron chi connectivity index (χ3n) is 4.32. The molecule has 1 N–H and O–H groups in total. The maximum absolute atomic E-state index is 12.7. The van der Waals surface area contributed by atoms with Gasteiger partial charge in [0.2, 0.25) is 11.8 Å². The number of hydrogen-bond donors (Lipinski definition) is 1. The molecule has 1 atom stereocenters. The maximum Gasteiger partial charge on any atom is 0.262 e. The van der Waals surface area contributed by atoms with E-state index < -0.39 is 29.7 Å². The fourth-order valence-corrected chi connectivity index (χ4v) is 3.01. The Balaban J connectivity index is 1.71. The smallest absolute Gasteiger partial charge is 0.262 e. The van der Waals surface area contributed by atoms with Crippen molar-refractivity contribution in [1.82, 2.24) is 10.2 Å². The molecule has 2 aliphatic rings. The topological polar surface area (TPSA) is 92.8 Å². The molecule has 7 heteroatoms. The minimum absolute atomic E-state index is 0.0937. The molecule has 1 aromatic rings. The van der Waals surface area contributed by atoms with E-state index in [9.17, 15) is 19.2 Å². The van der Waals surface area contributed by atoms with E-state index in [1.165, 1.54) is 12.1 Å². The van der Waals surface area contributed by atoms with Crippen LogP contribution in [0.2, 0.25) is 0 Å². The molecule has 0 saturated carbocycles. The number of amides is 4. The van der Waals surface area contributed by atoms with E-state index in [4.69, 9.17) is 6.11 Å². The molecule has 25 heavy (non-hydrogen) atoms. The highest BCUT2D eigenvalue weighted by Gasteiger charge is 2.44. The molecule has 1 unspecified atom stereocenters. The van der Waals surface area contributed by atoms with Crippen molar-refractivity contribution in [2.45, 2.75) is 45.0 Å². The van der Waals surface area contributed by atoms with Crippen LogP contribution in [0.3, 0.4) is 0 Å². The Bertz CT molecular complexity index is 764. The predicted octanol–water partition coefficient (Wildman–Crippen LogP) is 1.66. The number of ether oxygens (including phenoxy) is 1. The number of imide groups is 2.